The second-order valence-electron chi connectivity index (χ2n) is 5.63. The second-order valence-corrected chi connectivity index (χ2v) is 5.63. The smallest absolute Gasteiger partial charge is 0.0788 e. The van der Waals surface area contributed by atoms with Crippen molar-refractivity contribution in [3.8, 4) is 0 Å². The molecular weight excluding hydrogens is 228 g/mol. The summed E-state index contributed by atoms with van der Waals surface area (Å²) < 4.78 is 11.7. The van der Waals surface area contributed by atoms with Gasteiger partial charge in [0.05, 0.1) is 31.0 Å². The van der Waals surface area contributed by atoms with Crippen LogP contribution in [0.2, 0.25) is 0 Å². The molecule has 1 N–H and O–H groups in total. The quantitative estimate of drug-likeness (QED) is 0.654. The molecule has 3 nitrogen and oxygen atoms in total. The molecule has 0 aliphatic heterocycles. The normalized spacial score (nSPS) is 20.2. The van der Waals surface area contributed by atoms with Gasteiger partial charge < -0.3 is 14.6 Å². The third-order valence-corrected chi connectivity index (χ3v) is 3.74. The average Bonchev–Trinajstić information content (AvgIpc) is 2.34. The van der Waals surface area contributed by atoms with E-state index in [-0.39, 0.29) is 24.4 Å². The van der Waals surface area contributed by atoms with Crippen molar-refractivity contribution < 1.29 is 14.6 Å². The molecule has 0 aromatic heterocycles. The van der Waals surface area contributed by atoms with E-state index in [4.69, 9.17) is 14.6 Å². The molecule has 0 saturated carbocycles. The molecule has 0 aromatic carbocycles. The van der Waals surface area contributed by atoms with Crippen LogP contribution in [-0.2, 0) is 9.47 Å². The Morgan fingerprint density at radius 1 is 1.11 bits per heavy atom. The summed E-state index contributed by atoms with van der Waals surface area (Å²) in [5, 5.41) is 8.92. The minimum atomic E-state index is -0.114. The lowest BCUT2D eigenvalue weighted by molar-refractivity contribution is -0.141. The molecule has 0 aliphatic carbocycles. The Morgan fingerprint density at radius 3 is 2.17 bits per heavy atom. The van der Waals surface area contributed by atoms with Gasteiger partial charge in [-0.15, -0.1) is 0 Å². The number of hydrogen-bond donors (Lipinski definition) is 1. The highest BCUT2D eigenvalue weighted by Crippen LogP contribution is 2.30. The first-order chi connectivity index (χ1) is 8.39. The third-order valence-electron chi connectivity index (χ3n) is 3.74. The van der Waals surface area contributed by atoms with Crippen molar-refractivity contribution in [3.63, 3.8) is 0 Å². The van der Waals surface area contributed by atoms with Crippen molar-refractivity contribution in [3.05, 3.63) is 0 Å². The van der Waals surface area contributed by atoms with Crippen LogP contribution in [0.4, 0.5) is 0 Å². The fourth-order valence-electron chi connectivity index (χ4n) is 2.20. The van der Waals surface area contributed by atoms with Crippen LogP contribution in [0.3, 0.4) is 0 Å². The SMILES string of the molecule is CCCC(C)(OC(C)COC(C)CO)C(C)CC. The van der Waals surface area contributed by atoms with Gasteiger partial charge in [0, 0.05) is 0 Å². The van der Waals surface area contributed by atoms with Crippen molar-refractivity contribution in [2.75, 3.05) is 13.2 Å². The molecular formula is C15H32O3. The third kappa shape index (κ3) is 6.17. The number of rotatable bonds is 10. The maximum Gasteiger partial charge on any atom is 0.0788 e. The molecule has 110 valence electrons. The van der Waals surface area contributed by atoms with E-state index < -0.39 is 0 Å². The summed E-state index contributed by atoms with van der Waals surface area (Å²) in [6.45, 7) is 13.4. The predicted molar refractivity (Wildman–Crippen MR) is 75.8 cm³/mol. The molecule has 0 fully saturated rings. The van der Waals surface area contributed by atoms with Gasteiger partial charge in [-0.25, -0.2) is 0 Å². The Labute approximate surface area is 113 Å². The van der Waals surface area contributed by atoms with Crippen molar-refractivity contribution in [1.29, 1.82) is 0 Å². The van der Waals surface area contributed by atoms with Crippen molar-refractivity contribution in [2.45, 2.75) is 78.6 Å². The van der Waals surface area contributed by atoms with E-state index in [9.17, 15) is 0 Å². The topological polar surface area (TPSA) is 38.7 Å². The highest BCUT2D eigenvalue weighted by atomic mass is 16.6. The van der Waals surface area contributed by atoms with Gasteiger partial charge >= 0.3 is 0 Å². The standard InChI is InChI=1S/C15H32O3/c1-7-9-15(6,12(3)8-2)18-14(5)11-17-13(4)10-16/h12-14,16H,7-11H2,1-6H3. The molecule has 0 aliphatic rings. The van der Waals surface area contributed by atoms with Gasteiger partial charge in [0.25, 0.3) is 0 Å². The van der Waals surface area contributed by atoms with Gasteiger partial charge in [0.2, 0.25) is 0 Å². The Bertz CT molecular complexity index is 208. The Morgan fingerprint density at radius 2 is 1.72 bits per heavy atom. The Hall–Kier alpha value is -0.120. The van der Waals surface area contributed by atoms with E-state index in [1.54, 1.807) is 0 Å². The average molecular weight is 260 g/mol. The number of hydrogen-bond acceptors (Lipinski definition) is 3. The summed E-state index contributed by atoms with van der Waals surface area (Å²) in [6, 6.07) is 0. The van der Waals surface area contributed by atoms with E-state index in [2.05, 4.69) is 27.7 Å². The van der Waals surface area contributed by atoms with Crippen molar-refractivity contribution >= 4 is 0 Å². The van der Waals surface area contributed by atoms with Crippen LogP contribution in [0.5, 0.6) is 0 Å². The molecule has 4 atom stereocenters. The van der Waals surface area contributed by atoms with Gasteiger partial charge in [0.1, 0.15) is 0 Å². The summed E-state index contributed by atoms with van der Waals surface area (Å²) in [6.07, 6.45) is 3.27. The highest BCUT2D eigenvalue weighted by molar-refractivity contribution is 4.81. The molecule has 0 spiro atoms. The van der Waals surface area contributed by atoms with E-state index in [1.165, 1.54) is 0 Å². The summed E-state index contributed by atoms with van der Waals surface area (Å²) in [5.41, 5.74) is -0.0747. The zero-order valence-electron chi connectivity index (χ0n) is 13.0. The van der Waals surface area contributed by atoms with E-state index >= 15 is 0 Å². The second kappa shape index (κ2) is 8.89. The summed E-state index contributed by atoms with van der Waals surface area (Å²) >= 11 is 0. The van der Waals surface area contributed by atoms with Crippen LogP contribution in [0.15, 0.2) is 0 Å². The van der Waals surface area contributed by atoms with Crippen LogP contribution in [-0.4, -0.2) is 36.1 Å². The number of ether oxygens (including phenoxy) is 2. The molecule has 0 radical (unpaired) electrons. The van der Waals surface area contributed by atoms with Gasteiger partial charge in [-0.3, -0.25) is 0 Å². The van der Waals surface area contributed by atoms with Gasteiger partial charge in [0.15, 0.2) is 0 Å². The molecule has 0 rings (SSSR count). The molecule has 0 heterocycles. The maximum absolute atomic E-state index is 8.92. The zero-order chi connectivity index (χ0) is 14.2. The van der Waals surface area contributed by atoms with E-state index in [0.717, 1.165) is 19.3 Å². The lowest BCUT2D eigenvalue weighted by atomic mass is 9.84. The Kier molecular flexibility index (Phi) is 8.83. The first-order valence-corrected chi connectivity index (χ1v) is 7.29. The van der Waals surface area contributed by atoms with Gasteiger partial charge in [-0.1, -0.05) is 33.6 Å². The van der Waals surface area contributed by atoms with Crippen LogP contribution >= 0.6 is 0 Å². The van der Waals surface area contributed by atoms with E-state index in [1.807, 2.05) is 13.8 Å². The zero-order valence-corrected chi connectivity index (χ0v) is 13.0. The monoisotopic (exact) mass is 260 g/mol. The number of aliphatic hydroxyl groups excluding tert-OH is 1. The number of aliphatic hydroxyl groups is 1. The molecule has 4 unspecified atom stereocenters. The van der Waals surface area contributed by atoms with Gasteiger partial charge in [-0.05, 0) is 33.1 Å². The highest BCUT2D eigenvalue weighted by Gasteiger charge is 2.32. The Balaban J connectivity index is 4.31. The fourth-order valence-corrected chi connectivity index (χ4v) is 2.20. The minimum absolute atomic E-state index is 0.0598. The summed E-state index contributed by atoms with van der Waals surface area (Å²) in [4.78, 5) is 0. The van der Waals surface area contributed by atoms with Crippen LogP contribution in [0, 0.1) is 5.92 Å². The molecule has 0 aromatic rings. The first kappa shape index (κ1) is 17.9. The molecule has 18 heavy (non-hydrogen) atoms. The minimum Gasteiger partial charge on any atom is -0.394 e. The largest absolute Gasteiger partial charge is 0.394 e. The predicted octanol–water partition coefficient (Wildman–Crippen LogP) is 3.39. The van der Waals surface area contributed by atoms with Gasteiger partial charge in [-0.2, -0.15) is 0 Å². The van der Waals surface area contributed by atoms with Crippen LogP contribution in [0.1, 0.15) is 60.8 Å². The summed E-state index contributed by atoms with van der Waals surface area (Å²) in [5.74, 6) is 0.537. The maximum atomic E-state index is 8.92. The molecule has 0 amide bonds. The lowest BCUT2D eigenvalue weighted by Gasteiger charge is -2.38. The van der Waals surface area contributed by atoms with E-state index in [0.29, 0.717) is 12.5 Å². The molecule has 0 saturated heterocycles. The van der Waals surface area contributed by atoms with Crippen LogP contribution in [0.25, 0.3) is 0 Å². The molecule has 3 heteroatoms. The fraction of sp³-hybridized carbons (Fsp3) is 1.00. The molecule has 0 bridgehead atoms. The first-order valence-electron chi connectivity index (χ1n) is 7.29. The van der Waals surface area contributed by atoms with Crippen LogP contribution < -0.4 is 0 Å². The lowest BCUT2D eigenvalue weighted by Crippen LogP contribution is -2.40. The van der Waals surface area contributed by atoms with Crippen molar-refractivity contribution in [1.82, 2.24) is 0 Å². The summed E-state index contributed by atoms with van der Waals surface area (Å²) in [7, 11) is 0. The van der Waals surface area contributed by atoms with Crippen molar-refractivity contribution in [2.24, 2.45) is 5.92 Å².